The molecule has 5 nitrogen and oxygen atoms in total. The molecule has 0 aliphatic rings. The summed E-state index contributed by atoms with van der Waals surface area (Å²) >= 11 is 0. The van der Waals surface area contributed by atoms with Crippen molar-refractivity contribution < 1.29 is 22.5 Å². The van der Waals surface area contributed by atoms with Crippen LogP contribution in [0.5, 0.6) is 0 Å². The van der Waals surface area contributed by atoms with Gasteiger partial charge >= 0.3 is 35.5 Å². The van der Waals surface area contributed by atoms with Gasteiger partial charge in [0.1, 0.15) is 0 Å². The molecule has 0 rings (SSSR count). The van der Waals surface area contributed by atoms with E-state index < -0.39 is 21.8 Å². The minimum atomic E-state index is -3.96. The van der Waals surface area contributed by atoms with Gasteiger partial charge < -0.3 is 4.74 Å². The number of rotatable bonds is 5. The van der Waals surface area contributed by atoms with E-state index in [2.05, 4.69) is 11.3 Å². The topological polar surface area (TPSA) is 80.7 Å². The normalized spacial score (nSPS) is 10.1. The molecule has 14 heavy (non-hydrogen) atoms. The summed E-state index contributed by atoms with van der Waals surface area (Å²) in [6.45, 7) is 4.80. The van der Waals surface area contributed by atoms with E-state index in [-0.39, 0.29) is 48.2 Å². The summed E-state index contributed by atoms with van der Waals surface area (Å²) in [5.74, 6) is -0.966. The van der Waals surface area contributed by atoms with E-state index in [9.17, 15) is 13.2 Å². The molecular weight excluding hydrogens is 219 g/mol. The van der Waals surface area contributed by atoms with Gasteiger partial charge in [-0.15, -0.1) is 0 Å². The number of carbonyl (C=O) groups is 1. The third kappa shape index (κ3) is 10.2. The summed E-state index contributed by atoms with van der Waals surface area (Å²) in [7, 11) is -3.96. The fourth-order valence-corrected chi connectivity index (χ4v) is 1.01. The molecule has 0 aromatic heterocycles. The van der Waals surface area contributed by atoms with Gasteiger partial charge in [0.05, 0.1) is 12.4 Å². The summed E-state index contributed by atoms with van der Waals surface area (Å²) in [5, 5.41) is 0. The maximum atomic E-state index is 10.7. The summed E-state index contributed by atoms with van der Waals surface area (Å²) < 4.78 is 33.3. The van der Waals surface area contributed by atoms with Crippen molar-refractivity contribution in [2.75, 3.05) is 12.4 Å². The van der Waals surface area contributed by atoms with Crippen LogP contribution in [0.4, 0.5) is 0 Å². The first-order valence-corrected chi connectivity index (χ1v) is 5.21. The molecule has 0 aliphatic carbocycles. The van der Waals surface area contributed by atoms with E-state index in [1.54, 1.807) is 0 Å². The molecule has 0 bridgehead atoms. The van der Waals surface area contributed by atoms with E-state index in [0.29, 0.717) is 0 Å². The van der Waals surface area contributed by atoms with Gasteiger partial charge in [-0.1, -0.05) is 6.58 Å². The molecule has 0 aromatic carbocycles. The van der Waals surface area contributed by atoms with Crippen LogP contribution >= 0.6 is 0 Å². The van der Waals surface area contributed by atoms with Gasteiger partial charge in [0.25, 0.3) is 10.1 Å². The average molecular weight is 232 g/mol. The molecule has 78 valence electrons. The predicted molar refractivity (Wildman–Crippen MR) is 54.0 cm³/mol. The Balaban J connectivity index is 0. The second-order valence-corrected chi connectivity index (χ2v) is 4.13. The Morgan fingerprint density at radius 1 is 1.50 bits per heavy atom. The van der Waals surface area contributed by atoms with E-state index in [0.717, 1.165) is 0 Å². The monoisotopic (exact) mass is 232 g/mol. The van der Waals surface area contributed by atoms with Gasteiger partial charge in [0.15, 0.2) is 0 Å². The second-order valence-electron chi connectivity index (χ2n) is 2.56. The van der Waals surface area contributed by atoms with Crippen LogP contribution in [0.3, 0.4) is 0 Å². The van der Waals surface area contributed by atoms with Gasteiger partial charge in [-0.05, 0) is 13.3 Å². The maximum absolute atomic E-state index is 10.7. The quantitative estimate of drug-likeness (QED) is 0.232. The van der Waals surface area contributed by atoms with E-state index >= 15 is 0 Å². The van der Waals surface area contributed by atoms with Crippen molar-refractivity contribution in [3.63, 3.8) is 0 Å². The van der Waals surface area contributed by atoms with Crippen LogP contribution in [0.1, 0.15) is 13.3 Å². The number of hydrogen-bond donors (Lipinski definition) is 1. The van der Waals surface area contributed by atoms with E-state index in [4.69, 9.17) is 4.55 Å². The van der Waals surface area contributed by atoms with Gasteiger partial charge in [-0.25, -0.2) is 4.79 Å². The predicted octanol–water partition coefficient (Wildman–Crippen LogP) is -0.265. The Morgan fingerprint density at radius 2 is 2.00 bits per heavy atom. The zero-order valence-electron chi connectivity index (χ0n) is 7.32. The van der Waals surface area contributed by atoms with Crippen molar-refractivity contribution >= 4 is 45.6 Å². The zero-order valence-corrected chi connectivity index (χ0v) is 8.13. The molecule has 0 atom stereocenters. The van der Waals surface area contributed by atoms with Crippen LogP contribution in [-0.2, 0) is 19.6 Å². The third-order valence-electron chi connectivity index (χ3n) is 1.13. The first kappa shape index (κ1) is 16.5. The molecule has 0 spiro atoms. The summed E-state index contributed by atoms with van der Waals surface area (Å²) in [5.41, 5.74) is 0.256. The Morgan fingerprint density at radius 3 is 2.36 bits per heavy atom. The number of carbonyl (C=O) groups excluding carboxylic acids is 1. The van der Waals surface area contributed by atoms with Crippen molar-refractivity contribution in [3.8, 4) is 0 Å². The summed E-state index contributed by atoms with van der Waals surface area (Å²) in [6, 6.07) is 0. The van der Waals surface area contributed by atoms with Crippen molar-refractivity contribution in [2.45, 2.75) is 13.3 Å². The number of esters is 1. The Bertz CT molecular complexity index is 295. The van der Waals surface area contributed by atoms with Crippen molar-refractivity contribution in [1.29, 1.82) is 0 Å². The number of ether oxygens (including phenoxy) is 1. The molecule has 0 fully saturated rings. The summed E-state index contributed by atoms with van der Waals surface area (Å²) in [6.07, 6.45) is 0.0812. The first-order chi connectivity index (χ1) is 5.83. The van der Waals surface area contributed by atoms with Gasteiger partial charge in [-0.3, -0.25) is 4.55 Å². The van der Waals surface area contributed by atoms with Crippen LogP contribution in [0.15, 0.2) is 12.2 Å². The fourth-order valence-electron chi connectivity index (χ4n) is 0.529. The Labute approximate surface area is 106 Å². The molecule has 0 amide bonds. The Hall–Kier alpha value is 0.120. The molecule has 0 saturated carbocycles. The molecule has 0 heterocycles. The molecule has 0 unspecified atom stereocenters. The minimum absolute atomic E-state index is 0. The van der Waals surface area contributed by atoms with Crippen LogP contribution in [0.2, 0.25) is 0 Å². The molecule has 0 aliphatic heterocycles. The molecular formula is C7H13NaO5S. The van der Waals surface area contributed by atoms with Crippen molar-refractivity contribution in [1.82, 2.24) is 0 Å². The van der Waals surface area contributed by atoms with Crippen LogP contribution in [0.25, 0.3) is 0 Å². The molecule has 0 aromatic rings. The number of hydrogen-bond acceptors (Lipinski definition) is 4. The van der Waals surface area contributed by atoms with Crippen LogP contribution < -0.4 is 0 Å². The molecule has 0 radical (unpaired) electrons. The second kappa shape index (κ2) is 7.42. The Kier molecular flexibility index (Phi) is 8.77. The standard InChI is InChI=1S/C7H12O5S.Na.H/c1-6(2)7(8)12-4-3-5-13(9,10)11;;/h1,3-5H2,2H3,(H,9,10,11);;. The summed E-state index contributed by atoms with van der Waals surface area (Å²) in [4.78, 5) is 10.7. The van der Waals surface area contributed by atoms with Crippen LogP contribution in [0, 0.1) is 0 Å². The fraction of sp³-hybridized carbons (Fsp3) is 0.571. The average Bonchev–Trinajstić information content (AvgIpc) is 1.95. The molecule has 0 saturated heterocycles. The van der Waals surface area contributed by atoms with Crippen molar-refractivity contribution in [3.05, 3.63) is 12.2 Å². The van der Waals surface area contributed by atoms with Gasteiger partial charge in [-0.2, -0.15) is 8.42 Å². The SMILES string of the molecule is C=C(C)C(=O)OCCCS(=O)(=O)O.[NaH]. The first-order valence-electron chi connectivity index (χ1n) is 3.61. The molecule has 1 N–H and O–H groups in total. The molecule has 7 heteroatoms. The van der Waals surface area contributed by atoms with E-state index in [1.807, 2.05) is 0 Å². The van der Waals surface area contributed by atoms with Gasteiger partial charge in [0, 0.05) is 5.57 Å². The van der Waals surface area contributed by atoms with Gasteiger partial charge in [0.2, 0.25) is 0 Å². The zero-order chi connectivity index (χ0) is 10.5. The third-order valence-corrected chi connectivity index (χ3v) is 1.93. The van der Waals surface area contributed by atoms with Crippen LogP contribution in [-0.4, -0.2) is 60.9 Å². The van der Waals surface area contributed by atoms with Crippen molar-refractivity contribution in [2.24, 2.45) is 0 Å². The van der Waals surface area contributed by atoms with E-state index in [1.165, 1.54) is 6.92 Å².